The quantitative estimate of drug-likeness (QED) is 0.647. The van der Waals surface area contributed by atoms with Crippen LogP contribution in [-0.4, -0.2) is 14.2 Å². The standard InChI is InChI=1S/C24H20O4/c1-25-19-9-7-18(8-10-19)24-22(21-6-4-3-5-16(21)15-27-24)14-17-13-20(26-2)11-12-23(17)28-24/h3-14H,15H2,1-2H3. The average molecular weight is 372 g/mol. The minimum atomic E-state index is -0.998. The number of fused-ring (bicyclic) bond motifs is 4. The fourth-order valence-corrected chi connectivity index (χ4v) is 3.88. The van der Waals surface area contributed by atoms with Crippen molar-refractivity contribution in [2.45, 2.75) is 12.4 Å². The van der Waals surface area contributed by atoms with Gasteiger partial charge in [0.1, 0.15) is 17.2 Å². The van der Waals surface area contributed by atoms with Crippen LogP contribution in [-0.2, 0) is 17.1 Å². The van der Waals surface area contributed by atoms with Crippen LogP contribution in [0.15, 0.2) is 66.7 Å². The SMILES string of the molecule is COc1ccc(C23OCc4ccccc4C2=Cc2cc(OC)ccc2O3)cc1. The summed E-state index contributed by atoms with van der Waals surface area (Å²) in [5.74, 6) is 1.35. The third kappa shape index (κ3) is 2.49. The molecule has 0 amide bonds. The molecule has 4 heteroatoms. The van der Waals surface area contributed by atoms with Gasteiger partial charge in [-0.05, 0) is 59.7 Å². The lowest BCUT2D eigenvalue weighted by Crippen LogP contribution is -2.42. The molecule has 2 aliphatic heterocycles. The Balaban J connectivity index is 1.73. The lowest BCUT2D eigenvalue weighted by atomic mass is 9.84. The maximum atomic E-state index is 6.55. The molecule has 28 heavy (non-hydrogen) atoms. The van der Waals surface area contributed by atoms with E-state index in [4.69, 9.17) is 18.9 Å². The fraction of sp³-hybridized carbons (Fsp3) is 0.167. The van der Waals surface area contributed by atoms with Gasteiger partial charge >= 0.3 is 0 Å². The molecule has 2 aliphatic rings. The molecule has 0 N–H and O–H groups in total. The smallest absolute Gasteiger partial charge is 0.265 e. The first-order valence-corrected chi connectivity index (χ1v) is 9.19. The van der Waals surface area contributed by atoms with Crippen LogP contribution in [0.4, 0.5) is 0 Å². The van der Waals surface area contributed by atoms with Gasteiger partial charge in [-0.25, -0.2) is 0 Å². The minimum Gasteiger partial charge on any atom is -0.497 e. The first-order valence-electron chi connectivity index (χ1n) is 9.19. The molecule has 3 aromatic carbocycles. The largest absolute Gasteiger partial charge is 0.497 e. The topological polar surface area (TPSA) is 36.9 Å². The molecular formula is C24H20O4. The van der Waals surface area contributed by atoms with E-state index in [2.05, 4.69) is 18.2 Å². The minimum absolute atomic E-state index is 0.477. The van der Waals surface area contributed by atoms with Gasteiger partial charge in [-0.15, -0.1) is 0 Å². The van der Waals surface area contributed by atoms with Crippen molar-refractivity contribution in [3.63, 3.8) is 0 Å². The summed E-state index contributed by atoms with van der Waals surface area (Å²) in [6.45, 7) is 0.477. The first kappa shape index (κ1) is 16.9. The number of ether oxygens (including phenoxy) is 4. The van der Waals surface area contributed by atoms with Crippen LogP contribution in [0.2, 0.25) is 0 Å². The normalized spacial score (nSPS) is 19.4. The number of hydrogen-bond acceptors (Lipinski definition) is 4. The lowest BCUT2D eigenvalue weighted by Gasteiger charge is -2.43. The molecule has 0 saturated heterocycles. The number of methoxy groups -OCH3 is 2. The Labute approximate surface area is 163 Å². The summed E-state index contributed by atoms with van der Waals surface area (Å²) in [5, 5.41) is 0. The fourth-order valence-electron chi connectivity index (χ4n) is 3.88. The third-order valence-electron chi connectivity index (χ3n) is 5.33. The molecule has 4 nitrogen and oxygen atoms in total. The molecule has 3 aromatic rings. The van der Waals surface area contributed by atoms with E-state index < -0.39 is 5.79 Å². The van der Waals surface area contributed by atoms with E-state index in [-0.39, 0.29) is 0 Å². The van der Waals surface area contributed by atoms with E-state index in [0.29, 0.717) is 6.61 Å². The molecule has 0 saturated carbocycles. The van der Waals surface area contributed by atoms with Gasteiger partial charge in [-0.3, -0.25) is 0 Å². The van der Waals surface area contributed by atoms with Crippen LogP contribution < -0.4 is 14.2 Å². The molecule has 1 unspecified atom stereocenters. The maximum absolute atomic E-state index is 6.55. The molecule has 1 atom stereocenters. The number of hydrogen-bond donors (Lipinski definition) is 0. The maximum Gasteiger partial charge on any atom is 0.265 e. The van der Waals surface area contributed by atoms with E-state index in [1.165, 1.54) is 0 Å². The summed E-state index contributed by atoms with van der Waals surface area (Å²) in [6.07, 6.45) is 2.14. The Morgan fingerprint density at radius 3 is 2.39 bits per heavy atom. The molecule has 0 spiro atoms. The van der Waals surface area contributed by atoms with Gasteiger partial charge in [0, 0.05) is 16.7 Å². The van der Waals surface area contributed by atoms with Crippen LogP contribution >= 0.6 is 0 Å². The van der Waals surface area contributed by atoms with Gasteiger partial charge in [-0.2, -0.15) is 0 Å². The zero-order valence-corrected chi connectivity index (χ0v) is 15.8. The Hall–Kier alpha value is -3.24. The van der Waals surface area contributed by atoms with E-state index in [0.717, 1.165) is 45.1 Å². The summed E-state index contributed by atoms with van der Waals surface area (Å²) < 4.78 is 23.7. The van der Waals surface area contributed by atoms with Crippen molar-refractivity contribution in [3.8, 4) is 17.2 Å². The molecule has 0 radical (unpaired) electrons. The first-order chi connectivity index (χ1) is 13.7. The predicted octanol–water partition coefficient (Wildman–Crippen LogP) is 5.02. The van der Waals surface area contributed by atoms with Gasteiger partial charge in [0.15, 0.2) is 0 Å². The monoisotopic (exact) mass is 372 g/mol. The molecule has 0 aromatic heterocycles. The van der Waals surface area contributed by atoms with Crippen LogP contribution in [0.5, 0.6) is 17.2 Å². The summed E-state index contributed by atoms with van der Waals surface area (Å²) in [5.41, 5.74) is 5.17. The highest BCUT2D eigenvalue weighted by Crippen LogP contribution is 2.51. The summed E-state index contributed by atoms with van der Waals surface area (Å²) >= 11 is 0. The second-order valence-corrected chi connectivity index (χ2v) is 6.85. The zero-order chi connectivity index (χ0) is 19.1. The predicted molar refractivity (Wildman–Crippen MR) is 107 cm³/mol. The molecule has 0 bridgehead atoms. The second-order valence-electron chi connectivity index (χ2n) is 6.85. The van der Waals surface area contributed by atoms with Crippen molar-refractivity contribution >= 4 is 11.6 Å². The van der Waals surface area contributed by atoms with E-state index >= 15 is 0 Å². The van der Waals surface area contributed by atoms with Crippen LogP contribution in [0.25, 0.3) is 11.6 Å². The Morgan fingerprint density at radius 1 is 0.857 bits per heavy atom. The summed E-state index contributed by atoms with van der Waals surface area (Å²) in [7, 11) is 3.33. The molecule has 0 aliphatic carbocycles. The molecule has 140 valence electrons. The van der Waals surface area contributed by atoms with Crippen molar-refractivity contribution < 1.29 is 18.9 Å². The molecular weight excluding hydrogens is 352 g/mol. The van der Waals surface area contributed by atoms with Crippen molar-refractivity contribution in [1.29, 1.82) is 0 Å². The summed E-state index contributed by atoms with van der Waals surface area (Å²) in [6, 6.07) is 22.0. The Bertz CT molecular complexity index is 1070. The van der Waals surface area contributed by atoms with Gasteiger partial charge in [0.25, 0.3) is 5.79 Å². The van der Waals surface area contributed by atoms with Crippen LogP contribution in [0, 0.1) is 0 Å². The molecule has 2 heterocycles. The van der Waals surface area contributed by atoms with E-state index in [1.807, 2.05) is 54.6 Å². The highest BCUT2D eigenvalue weighted by molar-refractivity contribution is 5.91. The Kier molecular flexibility index (Phi) is 3.88. The van der Waals surface area contributed by atoms with Crippen molar-refractivity contribution in [3.05, 3.63) is 89.0 Å². The van der Waals surface area contributed by atoms with Crippen LogP contribution in [0.3, 0.4) is 0 Å². The average Bonchev–Trinajstić information content (AvgIpc) is 2.77. The van der Waals surface area contributed by atoms with E-state index in [9.17, 15) is 0 Å². The number of rotatable bonds is 3. The van der Waals surface area contributed by atoms with Gasteiger partial charge < -0.3 is 18.9 Å². The highest BCUT2D eigenvalue weighted by atomic mass is 16.7. The number of benzene rings is 3. The molecule has 5 rings (SSSR count). The van der Waals surface area contributed by atoms with Crippen molar-refractivity contribution in [1.82, 2.24) is 0 Å². The van der Waals surface area contributed by atoms with Gasteiger partial charge in [-0.1, -0.05) is 24.3 Å². The molecule has 0 fully saturated rings. The van der Waals surface area contributed by atoms with Crippen molar-refractivity contribution in [2.24, 2.45) is 0 Å². The zero-order valence-electron chi connectivity index (χ0n) is 15.8. The third-order valence-corrected chi connectivity index (χ3v) is 5.33. The Morgan fingerprint density at radius 2 is 1.61 bits per heavy atom. The van der Waals surface area contributed by atoms with Gasteiger partial charge in [0.05, 0.1) is 20.8 Å². The van der Waals surface area contributed by atoms with E-state index in [1.54, 1.807) is 14.2 Å². The van der Waals surface area contributed by atoms with Crippen molar-refractivity contribution in [2.75, 3.05) is 14.2 Å². The highest BCUT2D eigenvalue weighted by Gasteiger charge is 2.47. The summed E-state index contributed by atoms with van der Waals surface area (Å²) in [4.78, 5) is 0. The van der Waals surface area contributed by atoms with Crippen LogP contribution in [0.1, 0.15) is 22.3 Å². The lowest BCUT2D eigenvalue weighted by molar-refractivity contribution is -0.160. The van der Waals surface area contributed by atoms with Gasteiger partial charge in [0.2, 0.25) is 0 Å². The second kappa shape index (κ2) is 6.43.